The zero-order valence-corrected chi connectivity index (χ0v) is 30.1. The standard InChI is InChI=1S/C37H65O9P/c1-3-5-7-9-11-13-15-17-18-20-22-24-26-28-30-43-33-36(34-45-47(41,42)44-32-35(39)31-38)46-37(40)29-27-25-23-21-19-16-14-12-10-8-6-4-2/h5,7,11-14,17-18,22,24,35-36,38-39H,3-4,6,8-10,15-16,19-21,23,25-34H2,1-2H3,(H,41,42)/b7-5-,13-11-,14-12-,18-17-,24-22-. The van der Waals surface area contributed by atoms with Crippen molar-refractivity contribution in [2.75, 3.05) is 33.0 Å². The lowest BCUT2D eigenvalue weighted by atomic mass is 10.1. The summed E-state index contributed by atoms with van der Waals surface area (Å²) in [6, 6.07) is 0. The Morgan fingerprint density at radius 3 is 1.85 bits per heavy atom. The normalized spacial score (nSPS) is 15.1. The van der Waals surface area contributed by atoms with Crippen molar-refractivity contribution in [1.82, 2.24) is 0 Å². The summed E-state index contributed by atoms with van der Waals surface area (Å²) < 4.78 is 33.1. The Balaban J connectivity index is 4.40. The van der Waals surface area contributed by atoms with Gasteiger partial charge in [0.1, 0.15) is 12.2 Å². The van der Waals surface area contributed by atoms with Crippen LogP contribution in [-0.2, 0) is 27.9 Å². The Labute approximate surface area is 285 Å². The Morgan fingerprint density at radius 2 is 1.21 bits per heavy atom. The molecule has 3 N–H and O–H groups in total. The fourth-order valence-electron chi connectivity index (χ4n) is 4.23. The van der Waals surface area contributed by atoms with Crippen molar-refractivity contribution >= 4 is 13.8 Å². The third kappa shape index (κ3) is 33.8. The predicted molar refractivity (Wildman–Crippen MR) is 191 cm³/mol. The van der Waals surface area contributed by atoms with Gasteiger partial charge in [0, 0.05) is 13.0 Å². The van der Waals surface area contributed by atoms with E-state index in [0.29, 0.717) is 13.0 Å². The number of ether oxygens (including phenoxy) is 2. The molecule has 9 nitrogen and oxygen atoms in total. The topological polar surface area (TPSA) is 132 Å². The van der Waals surface area contributed by atoms with Gasteiger partial charge in [0.25, 0.3) is 0 Å². The number of aliphatic hydroxyl groups is 2. The van der Waals surface area contributed by atoms with Crippen molar-refractivity contribution in [3.05, 3.63) is 60.8 Å². The highest BCUT2D eigenvalue weighted by Crippen LogP contribution is 2.43. The number of esters is 1. The predicted octanol–water partition coefficient (Wildman–Crippen LogP) is 8.85. The van der Waals surface area contributed by atoms with Crippen molar-refractivity contribution < 1.29 is 43.0 Å². The van der Waals surface area contributed by atoms with E-state index < -0.39 is 45.8 Å². The van der Waals surface area contributed by atoms with Crippen LogP contribution in [0.3, 0.4) is 0 Å². The molecule has 0 amide bonds. The molecule has 0 aliphatic carbocycles. The molecule has 47 heavy (non-hydrogen) atoms. The van der Waals surface area contributed by atoms with E-state index in [0.717, 1.165) is 77.0 Å². The zero-order chi connectivity index (χ0) is 34.7. The summed E-state index contributed by atoms with van der Waals surface area (Å²) in [7, 11) is -4.53. The first kappa shape index (κ1) is 45.2. The number of aliphatic hydroxyl groups excluding tert-OH is 2. The van der Waals surface area contributed by atoms with Crippen LogP contribution in [0.2, 0.25) is 0 Å². The maximum Gasteiger partial charge on any atom is 0.472 e. The first-order chi connectivity index (χ1) is 22.8. The Hall–Kier alpha value is -1.84. The van der Waals surface area contributed by atoms with E-state index in [9.17, 15) is 19.4 Å². The monoisotopic (exact) mass is 684 g/mol. The molecule has 3 unspecified atom stereocenters. The van der Waals surface area contributed by atoms with E-state index in [-0.39, 0.29) is 13.0 Å². The number of hydrogen-bond donors (Lipinski definition) is 3. The SMILES string of the molecule is CC/C=C\C/C=C\C/C=C\C/C=C\CCCOCC(COP(=O)(O)OCC(O)CO)OC(=O)CCCCCCC/C=C\CCCCC. The highest BCUT2D eigenvalue weighted by Gasteiger charge is 2.26. The molecular formula is C37H65O9P. The van der Waals surface area contributed by atoms with Crippen LogP contribution < -0.4 is 0 Å². The van der Waals surface area contributed by atoms with Gasteiger partial charge in [-0.25, -0.2) is 4.57 Å². The van der Waals surface area contributed by atoms with Gasteiger partial charge < -0.3 is 24.6 Å². The molecular weight excluding hydrogens is 619 g/mol. The summed E-state index contributed by atoms with van der Waals surface area (Å²) >= 11 is 0. The van der Waals surface area contributed by atoms with Crippen LogP contribution in [0.1, 0.15) is 123 Å². The van der Waals surface area contributed by atoms with Gasteiger partial charge >= 0.3 is 13.8 Å². The van der Waals surface area contributed by atoms with Crippen LogP contribution >= 0.6 is 7.82 Å². The Morgan fingerprint density at radius 1 is 0.681 bits per heavy atom. The molecule has 10 heteroatoms. The van der Waals surface area contributed by atoms with Gasteiger partial charge in [-0.3, -0.25) is 13.8 Å². The van der Waals surface area contributed by atoms with Crippen LogP contribution in [0, 0.1) is 0 Å². The molecule has 0 aliphatic heterocycles. The van der Waals surface area contributed by atoms with Gasteiger partial charge in [-0.1, -0.05) is 107 Å². The number of phosphoric ester groups is 1. The average Bonchev–Trinajstić information content (AvgIpc) is 3.06. The molecule has 0 fully saturated rings. The molecule has 0 saturated heterocycles. The number of phosphoric acid groups is 1. The molecule has 0 spiro atoms. The van der Waals surface area contributed by atoms with Crippen molar-refractivity contribution in [2.24, 2.45) is 0 Å². The highest BCUT2D eigenvalue weighted by molar-refractivity contribution is 7.47. The third-order valence-electron chi connectivity index (χ3n) is 6.94. The number of allylic oxidation sites excluding steroid dienone is 10. The minimum atomic E-state index is -4.53. The lowest BCUT2D eigenvalue weighted by Crippen LogP contribution is -2.29. The average molecular weight is 685 g/mol. The van der Waals surface area contributed by atoms with E-state index in [1.807, 2.05) is 0 Å². The van der Waals surface area contributed by atoms with Crippen LogP contribution in [0.15, 0.2) is 60.8 Å². The molecule has 0 bridgehead atoms. The minimum Gasteiger partial charge on any atom is -0.457 e. The van der Waals surface area contributed by atoms with Crippen molar-refractivity contribution in [2.45, 2.75) is 135 Å². The second kappa shape index (κ2) is 34.0. The largest absolute Gasteiger partial charge is 0.472 e. The van der Waals surface area contributed by atoms with Gasteiger partial charge in [0.05, 0.1) is 26.4 Å². The van der Waals surface area contributed by atoms with Gasteiger partial charge in [-0.2, -0.15) is 0 Å². The second-order valence-corrected chi connectivity index (χ2v) is 13.0. The summed E-state index contributed by atoms with van der Waals surface area (Å²) in [4.78, 5) is 22.4. The van der Waals surface area contributed by atoms with Gasteiger partial charge in [-0.05, 0) is 70.6 Å². The van der Waals surface area contributed by atoms with Crippen molar-refractivity contribution in [3.63, 3.8) is 0 Å². The molecule has 0 saturated carbocycles. The summed E-state index contributed by atoms with van der Waals surface area (Å²) in [5, 5.41) is 18.2. The molecule has 0 heterocycles. The number of carbonyl (C=O) groups is 1. The smallest absolute Gasteiger partial charge is 0.457 e. The second-order valence-electron chi connectivity index (χ2n) is 11.5. The molecule has 0 aliphatic rings. The van der Waals surface area contributed by atoms with Crippen LogP contribution in [0.4, 0.5) is 0 Å². The zero-order valence-electron chi connectivity index (χ0n) is 29.2. The van der Waals surface area contributed by atoms with Crippen molar-refractivity contribution in [3.8, 4) is 0 Å². The van der Waals surface area contributed by atoms with Gasteiger partial charge in [0.15, 0.2) is 0 Å². The first-order valence-corrected chi connectivity index (χ1v) is 19.3. The molecule has 3 atom stereocenters. The minimum absolute atomic E-state index is 0.00513. The fourth-order valence-corrected chi connectivity index (χ4v) is 5.02. The van der Waals surface area contributed by atoms with Gasteiger partial charge in [0.2, 0.25) is 0 Å². The lowest BCUT2D eigenvalue weighted by molar-refractivity contribution is -0.154. The number of unbranched alkanes of at least 4 members (excludes halogenated alkanes) is 9. The summed E-state index contributed by atoms with van der Waals surface area (Å²) in [6.07, 6.45) is 36.2. The quantitative estimate of drug-likeness (QED) is 0.0268. The molecule has 0 radical (unpaired) electrons. The molecule has 0 aromatic heterocycles. The van der Waals surface area contributed by atoms with E-state index in [2.05, 4.69) is 74.6 Å². The van der Waals surface area contributed by atoms with Crippen molar-refractivity contribution in [1.29, 1.82) is 0 Å². The number of hydrogen-bond acceptors (Lipinski definition) is 8. The van der Waals surface area contributed by atoms with E-state index in [1.165, 1.54) is 19.3 Å². The molecule has 0 aromatic rings. The summed E-state index contributed by atoms with van der Waals surface area (Å²) in [6.45, 7) is 3.17. The highest BCUT2D eigenvalue weighted by atomic mass is 31.2. The van der Waals surface area contributed by atoms with Gasteiger partial charge in [-0.15, -0.1) is 0 Å². The lowest BCUT2D eigenvalue weighted by Gasteiger charge is -2.20. The molecule has 272 valence electrons. The van der Waals surface area contributed by atoms with E-state index in [1.54, 1.807) is 0 Å². The maximum atomic E-state index is 12.5. The first-order valence-electron chi connectivity index (χ1n) is 17.8. The Kier molecular flexibility index (Phi) is 32.7. The fraction of sp³-hybridized carbons (Fsp3) is 0.703. The molecule has 0 rings (SSSR count). The van der Waals surface area contributed by atoms with Crippen LogP contribution in [-0.4, -0.2) is 66.3 Å². The number of carbonyl (C=O) groups excluding carboxylic acids is 1. The third-order valence-corrected chi connectivity index (χ3v) is 7.89. The summed E-state index contributed by atoms with van der Waals surface area (Å²) in [5.74, 6) is -0.415. The Bertz CT molecular complexity index is 914. The van der Waals surface area contributed by atoms with E-state index >= 15 is 0 Å². The molecule has 0 aromatic carbocycles. The van der Waals surface area contributed by atoms with Crippen LogP contribution in [0.5, 0.6) is 0 Å². The number of rotatable bonds is 33. The van der Waals surface area contributed by atoms with Crippen LogP contribution in [0.25, 0.3) is 0 Å². The summed E-state index contributed by atoms with van der Waals surface area (Å²) in [5.41, 5.74) is 0. The van der Waals surface area contributed by atoms with E-state index in [4.69, 9.17) is 23.6 Å². The maximum absolute atomic E-state index is 12.5.